The molecule has 1 atom stereocenters. The van der Waals surface area contributed by atoms with E-state index < -0.39 is 0 Å². The van der Waals surface area contributed by atoms with Crippen molar-refractivity contribution < 1.29 is 4.74 Å². The number of nitrogens with zero attached hydrogens (tertiary/aromatic N) is 2. The summed E-state index contributed by atoms with van der Waals surface area (Å²) in [7, 11) is 0. The molecular formula is C15H17N3O. The molecular weight excluding hydrogens is 238 g/mol. The maximum atomic E-state index is 5.48. The van der Waals surface area contributed by atoms with E-state index in [1.807, 2.05) is 12.1 Å². The molecule has 1 aromatic heterocycles. The van der Waals surface area contributed by atoms with E-state index >= 15 is 0 Å². The summed E-state index contributed by atoms with van der Waals surface area (Å²) in [6.07, 6.45) is 2.67. The third-order valence-corrected chi connectivity index (χ3v) is 3.28. The first-order valence-corrected chi connectivity index (χ1v) is 6.60. The van der Waals surface area contributed by atoms with E-state index in [9.17, 15) is 0 Å². The Morgan fingerprint density at radius 2 is 2.26 bits per heavy atom. The smallest absolute Gasteiger partial charge is 0.0929 e. The number of morpholine rings is 1. The zero-order valence-corrected chi connectivity index (χ0v) is 10.7. The third-order valence-electron chi connectivity index (χ3n) is 3.28. The Balaban J connectivity index is 1.76. The van der Waals surface area contributed by atoms with Gasteiger partial charge in [0.1, 0.15) is 0 Å². The molecule has 1 N–H and O–H groups in total. The number of rotatable bonds is 3. The van der Waals surface area contributed by atoms with E-state index in [0.29, 0.717) is 6.04 Å². The molecule has 2 aromatic rings. The predicted octanol–water partition coefficient (Wildman–Crippen LogP) is 1.67. The first-order valence-electron chi connectivity index (χ1n) is 6.60. The van der Waals surface area contributed by atoms with E-state index in [2.05, 4.69) is 39.8 Å². The zero-order chi connectivity index (χ0) is 12.9. The lowest BCUT2D eigenvalue weighted by atomic mass is 10.0. The lowest BCUT2D eigenvalue weighted by molar-refractivity contribution is 0.0770. The minimum absolute atomic E-state index is 0.408. The largest absolute Gasteiger partial charge is 0.379 e. The van der Waals surface area contributed by atoms with Gasteiger partial charge in [-0.25, -0.2) is 0 Å². The normalized spacial score (nSPS) is 19.3. The Hall–Kier alpha value is -1.78. The third kappa shape index (κ3) is 3.16. The monoisotopic (exact) mass is 255 g/mol. The second kappa shape index (κ2) is 5.91. The first kappa shape index (κ1) is 12.3. The maximum absolute atomic E-state index is 5.48. The van der Waals surface area contributed by atoms with Crippen molar-refractivity contribution in [2.24, 2.45) is 0 Å². The molecule has 19 heavy (non-hydrogen) atoms. The van der Waals surface area contributed by atoms with Gasteiger partial charge in [0, 0.05) is 24.3 Å². The van der Waals surface area contributed by atoms with E-state index in [0.717, 1.165) is 37.4 Å². The highest BCUT2D eigenvalue weighted by molar-refractivity contribution is 5.59. The second-order valence-electron chi connectivity index (χ2n) is 4.74. The molecule has 1 aliphatic rings. The fraction of sp³-hybridized carbons (Fsp3) is 0.333. The molecule has 98 valence electrons. The van der Waals surface area contributed by atoms with Crippen molar-refractivity contribution in [1.29, 1.82) is 0 Å². The van der Waals surface area contributed by atoms with E-state index in [1.165, 1.54) is 5.56 Å². The van der Waals surface area contributed by atoms with E-state index in [4.69, 9.17) is 4.74 Å². The molecule has 1 aliphatic heterocycles. The highest BCUT2D eigenvalue weighted by Crippen LogP contribution is 2.18. The van der Waals surface area contributed by atoms with E-state index in [1.54, 1.807) is 6.20 Å². The van der Waals surface area contributed by atoms with Crippen LogP contribution in [0.5, 0.6) is 0 Å². The average Bonchev–Trinajstić information content (AvgIpc) is 2.49. The fourth-order valence-corrected chi connectivity index (χ4v) is 2.35. The number of hydrogen-bond donors (Lipinski definition) is 1. The summed E-state index contributed by atoms with van der Waals surface area (Å²) in [5, 5.41) is 11.5. The molecule has 2 heterocycles. The number of ether oxygens (including phenoxy) is 1. The molecule has 0 aliphatic carbocycles. The van der Waals surface area contributed by atoms with Crippen molar-refractivity contribution in [3.63, 3.8) is 0 Å². The highest BCUT2D eigenvalue weighted by Gasteiger charge is 2.13. The van der Waals surface area contributed by atoms with Crippen LogP contribution in [0.2, 0.25) is 0 Å². The molecule has 4 nitrogen and oxygen atoms in total. The zero-order valence-electron chi connectivity index (χ0n) is 10.7. The summed E-state index contributed by atoms with van der Waals surface area (Å²) in [5.41, 5.74) is 3.32. The summed E-state index contributed by atoms with van der Waals surface area (Å²) < 4.78 is 5.48. The number of nitrogens with one attached hydrogen (secondary N) is 1. The van der Waals surface area contributed by atoms with Gasteiger partial charge in [-0.1, -0.05) is 18.2 Å². The van der Waals surface area contributed by atoms with Gasteiger partial charge in [0.15, 0.2) is 0 Å². The van der Waals surface area contributed by atoms with Crippen molar-refractivity contribution >= 4 is 0 Å². The topological polar surface area (TPSA) is 47.0 Å². The van der Waals surface area contributed by atoms with E-state index in [-0.39, 0.29) is 0 Å². The molecule has 0 spiro atoms. The Labute approximate surface area is 112 Å². The van der Waals surface area contributed by atoms with Crippen LogP contribution in [-0.2, 0) is 11.2 Å². The van der Waals surface area contributed by atoms with Gasteiger partial charge in [-0.15, -0.1) is 0 Å². The molecule has 1 fully saturated rings. The van der Waals surface area contributed by atoms with Crippen molar-refractivity contribution in [3.05, 3.63) is 48.2 Å². The van der Waals surface area contributed by atoms with Gasteiger partial charge in [0.25, 0.3) is 0 Å². The molecule has 1 saturated heterocycles. The van der Waals surface area contributed by atoms with Crippen LogP contribution < -0.4 is 5.32 Å². The quantitative estimate of drug-likeness (QED) is 0.906. The summed E-state index contributed by atoms with van der Waals surface area (Å²) in [6.45, 7) is 2.54. The van der Waals surface area contributed by atoms with Gasteiger partial charge in [-0.05, 0) is 30.2 Å². The molecule has 0 bridgehead atoms. The molecule has 1 aromatic carbocycles. The van der Waals surface area contributed by atoms with Gasteiger partial charge in [0.05, 0.1) is 18.9 Å². The van der Waals surface area contributed by atoms with Gasteiger partial charge in [-0.2, -0.15) is 10.2 Å². The molecule has 0 radical (unpaired) electrons. The maximum Gasteiger partial charge on any atom is 0.0929 e. The standard InChI is InChI=1S/C15H17N3O/c1-3-12(10-14-11-19-8-7-16-14)9-13(4-1)15-5-2-6-17-18-15/h1-6,9,14,16H,7-8,10-11H2/t14-/m1/s1. The van der Waals surface area contributed by atoms with Crippen LogP contribution >= 0.6 is 0 Å². The van der Waals surface area contributed by atoms with Gasteiger partial charge in [0.2, 0.25) is 0 Å². The second-order valence-corrected chi connectivity index (χ2v) is 4.74. The number of hydrogen-bond acceptors (Lipinski definition) is 4. The summed E-state index contributed by atoms with van der Waals surface area (Å²) in [6, 6.07) is 12.8. The van der Waals surface area contributed by atoms with Crippen molar-refractivity contribution in [1.82, 2.24) is 15.5 Å². The van der Waals surface area contributed by atoms with Crippen LogP contribution in [0.15, 0.2) is 42.6 Å². The van der Waals surface area contributed by atoms with Crippen molar-refractivity contribution in [3.8, 4) is 11.3 Å². The lowest BCUT2D eigenvalue weighted by Crippen LogP contribution is -2.42. The Morgan fingerprint density at radius 3 is 3.05 bits per heavy atom. The lowest BCUT2D eigenvalue weighted by Gasteiger charge is -2.23. The Bertz CT molecular complexity index is 524. The molecule has 0 amide bonds. The fourth-order valence-electron chi connectivity index (χ4n) is 2.35. The van der Waals surface area contributed by atoms with Gasteiger partial charge in [-0.3, -0.25) is 0 Å². The minimum Gasteiger partial charge on any atom is -0.379 e. The first-order chi connectivity index (χ1) is 9.42. The van der Waals surface area contributed by atoms with Crippen molar-refractivity contribution in [2.75, 3.05) is 19.8 Å². The minimum atomic E-state index is 0.408. The van der Waals surface area contributed by atoms with Crippen molar-refractivity contribution in [2.45, 2.75) is 12.5 Å². The molecule has 4 heteroatoms. The summed E-state index contributed by atoms with van der Waals surface area (Å²) >= 11 is 0. The SMILES string of the molecule is c1cc(C[C@@H]2COCCN2)cc(-c2cccnn2)c1. The molecule has 3 rings (SSSR count). The average molecular weight is 255 g/mol. The van der Waals surface area contributed by atoms with Crippen LogP contribution in [-0.4, -0.2) is 36.0 Å². The van der Waals surface area contributed by atoms with Crippen LogP contribution in [0.3, 0.4) is 0 Å². The van der Waals surface area contributed by atoms with Crippen LogP contribution in [0.25, 0.3) is 11.3 Å². The highest BCUT2D eigenvalue weighted by atomic mass is 16.5. The Morgan fingerprint density at radius 1 is 1.26 bits per heavy atom. The molecule has 0 saturated carbocycles. The Kier molecular flexibility index (Phi) is 3.81. The predicted molar refractivity (Wildman–Crippen MR) is 73.8 cm³/mol. The number of benzene rings is 1. The summed E-state index contributed by atoms with van der Waals surface area (Å²) in [5.74, 6) is 0. The van der Waals surface area contributed by atoms with Crippen LogP contribution in [0.4, 0.5) is 0 Å². The van der Waals surface area contributed by atoms with Crippen LogP contribution in [0.1, 0.15) is 5.56 Å². The molecule has 0 unspecified atom stereocenters. The van der Waals surface area contributed by atoms with Crippen LogP contribution in [0, 0.1) is 0 Å². The van der Waals surface area contributed by atoms with Gasteiger partial charge >= 0.3 is 0 Å². The number of aromatic nitrogens is 2. The summed E-state index contributed by atoms with van der Waals surface area (Å²) in [4.78, 5) is 0. The van der Waals surface area contributed by atoms with Gasteiger partial charge < -0.3 is 10.1 Å².